The number of esters is 2. The summed E-state index contributed by atoms with van der Waals surface area (Å²) in [5.41, 5.74) is 0. The zero-order valence-electron chi connectivity index (χ0n) is 29.9. The summed E-state index contributed by atoms with van der Waals surface area (Å²) in [6.07, 6.45) is 55.5. The summed E-state index contributed by atoms with van der Waals surface area (Å²) in [5.74, 6) is -0.754. The van der Waals surface area contributed by atoms with Crippen LogP contribution in [0.5, 0.6) is 0 Å². The number of unbranched alkanes of at least 4 members (excludes halogenated alkanes) is 2. The monoisotopic (exact) mass is 660 g/mol. The van der Waals surface area contributed by atoms with Gasteiger partial charge in [-0.3, -0.25) is 9.59 Å². The smallest absolute Gasteiger partial charge is 0.306 e. The maximum absolute atomic E-state index is 12.1. The van der Waals surface area contributed by atoms with Gasteiger partial charge in [-0.2, -0.15) is 0 Å². The molecule has 0 rings (SSSR count). The predicted molar refractivity (Wildman–Crippen MR) is 205 cm³/mol. The second-order valence-electron chi connectivity index (χ2n) is 11.2. The summed E-state index contributed by atoms with van der Waals surface area (Å²) in [6.45, 7) is 3.77. The zero-order chi connectivity index (χ0) is 35.0. The number of rotatable bonds is 30. The lowest BCUT2D eigenvalue weighted by Crippen LogP contribution is -2.28. The number of aliphatic hydroxyl groups is 1. The third-order valence-electron chi connectivity index (χ3n) is 6.76. The molecule has 0 fully saturated rings. The van der Waals surface area contributed by atoms with E-state index in [0.717, 1.165) is 77.0 Å². The van der Waals surface area contributed by atoms with Gasteiger partial charge in [0.25, 0.3) is 0 Å². The number of allylic oxidation sites excluding steroid dienone is 20. The number of carbonyl (C=O) groups is 2. The molecule has 0 unspecified atom stereocenters. The molecule has 0 aliphatic carbocycles. The van der Waals surface area contributed by atoms with E-state index in [1.807, 2.05) is 12.2 Å². The van der Waals surface area contributed by atoms with Crippen molar-refractivity contribution in [2.45, 2.75) is 123 Å². The first-order chi connectivity index (χ1) is 23.6. The Morgan fingerprint density at radius 3 is 1.25 bits per heavy atom. The molecular weight excluding hydrogens is 596 g/mol. The molecule has 0 aliphatic rings. The fraction of sp³-hybridized carbons (Fsp3) is 0.488. The molecule has 266 valence electrons. The van der Waals surface area contributed by atoms with Crippen LogP contribution in [0, 0.1) is 0 Å². The molecule has 0 saturated heterocycles. The Bertz CT molecular complexity index is 1060. The molecular formula is C43H64O5. The Morgan fingerprint density at radius 1 is 0.479 bits per heavy atom. The van der Waals surface area contributed by atoms with Crippen molar-refractivity contribution in [3.8, 4) is 0 Å². The first-order valence-corrected chi connectivity index (χ1v) is 18.1. The average Bonchev–Trinajstić information content (AvgIpc) is 3.09. The lowest BCUT2D eigenvalue weighted by molar-refractivity contribution is -0.161. The topological polar surface area (TPSA) is 72.8 Å². The third-order valence-corrected chi connectivity index (χ3v) is 6.76. The van der Waals surface area contributed by atoms with Crippen LogP contribution < -0.4 is 0 Å². The Balaban J connectivity index is 3.84. The minimum Gasteiger partial charge on any atom is -0.462 e. The summed E-state index contributed by atoms with van der Waals surface area (Å²) in [4.78, 5) is 24.2. The van der Waals surface area contributed by atoms with Gasteiger partial charge in [-0.1, -0.05) is 135 Å². The van der Waals surface area contributed by atoms with Crippen LogP contribution in [0.15, 0.2) is 122 Å². The Labute approximate surface area is 293 Å². The first-order valence-electron chi connectivity index (χ1n) is 18.1. The van der Waals surface area contributed by atoms with E-state index in [4.69, 9.17) is 9.47 Å². The summed E-state index contributed by atoms with van der Waals surface area (Å²) in [7, 11) is 0. The third kappa shape index (κ3) is 35.2. The highest BCUT2D eigenvalue weighted by Crippen LogP contribution is 2.06. The molecule has 0 aromatic rings. The van der Waals surface area contributed by atoms with Crippen molar-refractivity contribution in [2.24, 2.45) is 0 Å². The fourth-order valence-corrected chi connectivity index (χ4v) is 4.10. The van der Waals surface area contributed by atoms with Crippen molar-refractivity contribution in [2.75, 3.05) is 13.2 Å². The maximum atomic E-state index is 12.1. The van der Waals surface area contributed by atoms with Crippen LogP contribution >= 0.6 is 0 Å². The van der Waals surface area contributed by atoms with Gasteiger partial charge in [-0.25, -0.2) is 0 Å². The summed E-state index contributed by atoms with van der Waals surface area (Å²) >= 11 is 0. The molecule has 48 heavy (non-hydrogen) atoms. The summed E-state index contributed by atoms with van der Waals surface area (Å²) < 4.78 is 10.5. The second kappa shape index (κ2) is 37.8. The Kier molecular flexibility index (Phi) is 34.8. The van der Waals surface area contributed by atoms with Crippen molar-refractivity contribution in [1.82, 2.24) is 0 Å². The second-order valence-corrected chi connectivity index (χ2v) is 11.2. The van der Waals surface area contributed by atoms with E-state index in [1.54, 1.807) is 0 Å². The minimum absolute atomic E-state index is 0.132. The first kappa shape index (κ1) is 44.3. The number of carbonyl (C=O) groups excluding carboxylic acids is 2. The van der Waals surface area contributed by atoms with Crippen LogP contribution in [0.2, 0.25) is 0 Å². The molecule has 0 amide bonds. The van der Waals surface area contributed by atoms with Gasteiger partial charge >= 0.3 is 11.9 Å². The summed E-state index contributed by atoms with van der Waals surface area (Å²) in [5, 5.41) is 9.52. The van der Waals surface area contributed by atoms with Crippen LogP contribution in [0.4, 0.5) is 0 Å². The minimum atomic E-state index is -0.832. The molecule has 0 radical (unpaired) electrons. The van der Waals surface area contributed by atoms with Crippen molar-refractivity contribution in [1.29, 1.82) is 0 Å². The largest absolute Gasteiger partial charge is 0.462 e. The predicted octanol–water partition coefficient (Wildman–Crippen LogP) is 11.3. The van der Waals surface area contributed by atoms with Crippen LogP contribution in [0.3, 0.4) is 0 Å². The maximum Gasteiger partial charge on any atom is 0.306 e. The molecule has 0 aromatic heterocycles. The van der Waals surface area contributed by atoms with Gasteiger partial charge in [0.1, 0.15) is 6.61 Å². The molecule has 1 N–H and O–H groups in total. The molecule has 5 nitrogen and oxygen atoms in total. The Morgan fingerprint density at radius 2 is 0.854 bits per heavy atom. The molecule has 0 spiro atoms. The van der Waals surface area contributed by atoms with Gasteiger partial charge in [0.2, 0.25) is 0 Å². The number of ether oxygens (including phenoxy) is 2. The SMILES string of the molecule is CCC=CCC=CCC=CCC=CCC=CCC=CCCC(=O)OC[C@H](CO)OC(=O)CCCCC=CCC=CCC=CCC=CCC. The fourth-order valence-electron chi connectivity index (χ4n) is 4.10. The summed E-state index contributed by atoms with van der Waals surface area (Å²) in [6, 6.07) is 0. The van der Waals surface area contributed by atoms with Gasteiger partial charge in [0, 0.05) is 12.8 Å². The lowest BCUT2D eigenvalue weighted by atomic mass is 10.2. The molecule has 0 bridgehead atoms. The van der Waals surface area contributed by atoms with Gasteiger partial charge in [-0.05, 0) is 89.9 Å². The normalized spacial score (nSPS) is 13.6. The van der Waals surface area contributed by atoms with Crippen molar-refractivity contribution in [3.05, 3.63) is 122 Å². The van der Waals surface area contributed by atoms with Gasteiger partial charge in [-0.15, -0.1) is 0 Å². The standard InChI is InChI=1S/C43H64O5/c1-3-5-7-9-11-13-15-17-19-20-21-22-24-25-27-29-31-33-35-37-42(45)47-40-41(39-44)48-43(46)38-36-34-32-30-28-26-23-18-16-14-12-10-8-6-4-2/h5-8,11-14,17-19,21-23,25,27-28,30-31,33,41,44H,3-4,9-10,15-16,20,24,26,29,32,34-40H2,1-2H3/t41-/m0/s1. The van der Waals surface area contributed by atoms with Crippen LogP contribution in [0.1, 0.15) is 117 Å². The van der Waals surface area contributed by atoms with Crippen molar-refractivity contribution < 1.29 is 24.2 Å². The quantitative estimate of drug-likeness (QED) is 0.0471. The van der Waals surface area contributed by atoms with E-state index in [1.165, 1.54) is 0 Å². The van der Waals surface area contributed by atoms with E-state index < -0.39 is 6.10 Å². The molecule has 0 heterocycles. The number of aliphatic hydroxyl groups excluding tert-OH is 1. The van der Waals surface area contributed by atoms with E-state index in [9.17, 15) is 14.7 Å². The highest BCUT2D eigenvalue weighted by atomic mass is 16.6. The van der Waals surface area contributed by atoms with E-state index in [0.29, 0.717) is 12.8 Å². The van der Waals surface area contributed by atoms with E-state index >= 15 is 0 Å². The molecule has 0 aliphatic heterocycles. The van der Waals surface area contributed by atoms with Crippen molar-refractivity contribution in [3.63, 3.8) is 0 Å². The highest BCUT2D eigenvalue weighted by molar-refractivity contribution is 5.70. The van der Waals surface area contributed by atoms with Gasteiger partial charge in [0.05, 0.1) is 6.61 Å². The highest BCUT2D eigenvalue weighted by Gasteiger charge is 2.15. The number of hydrogen-bond donors (Lipinski definition) is 1. The van der Waals surface area contributed by atoms with Gasteiger partial charge < -0.3 is 14.6 Å². The average molecular weight is 661 g/mol. The Hall–Kier alpha value is -3.70. The van der Waals surface area contributed by atoms with Crippen molar-refractivity contribution >= 4 is 11.9 Å². The molecule has 5 heteroatoms. The molecule has 0 saturated carbocycles. The van der Waals surface area contributed by atoms with Crippen LogP contribution in [0.25, 0.3) is 0 Å². The van der Waals surface area contributed by atoms with E-state index in [-0.39, 0.29) is 38.0 Å². The van der Waals surface area contributed by atoms with Gasteiger partial charge in [0.15, 0.2) is 6.10 Å². The molecule has 0 aromatic carbocycles. The molecule has 1 atom stereocenters. The zero-order valence-corrected chi connectivity index (χ0v) is 29.9. The van der Waals surface area contributed by atoms with Crippen LogP contribution in [-0.2, 0) is 19.1 Å². The van der Waals surface area contributed by atoms with E-state index in [2.05, 4.69) is 123 Å². The lowest BCUT2D eigenvalue weighted by Gasteiger charge is -2.15. The van der Waals surface area contributed by atoms with Crippen LogP contribution in [-0.4, -0.2) is 36.4 Å². The number of hydrogen-bond acceptors (Lipinski definition) is 5.